The van der Waals surface area contributed by atoms with Crippen LogP contribution in [0.15, 0.2) is 30.3 Å². The summed E-state index contributed by atoms with van der Waals surface area (Å²) >= 11 is 0. The number of hydrogen-bond donors (Lipinski definition) is 1. The van der Waals surface area contributed by atoms with Crippen molar-refractivity contribution in [2.45, 2.75) is 26.8 Å². The Hall–Kier alpha value is -0.820. The molecular weight excluding hydrogens is 134 g/mol. The summed E-state index contributed by atoms with van der Waals surface area (Å²) in [6, 6.07) is 10.6. The first-order valence-corrected chi connectivity index (χ1v) is 3.58. The standard InChI is InChI=1S/C9H13N.CH4/c1-8(10)7-9-5-3-2-4-6-9;/h2-6,8H,7,10H2,1H3;1H4. The summed E-state index contributed by atoms with van der Waals surface area (Å²) in [5.74, 6) is 0. The van der Waals surface area contributed by atoms with Crippen LogP contribution in [0.3, 0.4) is 0 Å². The molecule has 1 heteroatoms. The van der Waals surface area contributed by atoms with Gasteiger partial charge in [-0.1, -0.05) is 37.8 Å². The first kappa shape index (κ1) is 10.2. The Labute approximate surface area is 69.2 Å². The van der Waals surface area contributed by atoms with Crippen molar-refractivity contribution in [2.75, 3.05) is 0 Å². The number of hydrogen-bond acceptors (Lipinski definition) is 1. The first-order valence-electron chi connectivity index (χ1n) is 3.58. The molecule has 0 saturated carbocycles. The van der Waals surface area contributed by atoms with Crippen LogP contribution in [0.1, 0.15) is 19.9 Å². The van der Waals surface area contributed by atoms with Gasteiger partial charge >= 0.3 is 0 Å². The lowest BCUT2D eigenvalue weighted by Crippen LogP contribution is -2.17. The molecule has 0 aliphatic carbocycles. The van der Waals surface area contributed by atoms with E-state index in [1.807, 2.05) is 25.1 Å². The highest BCUT2D eigenvalue weighted by Gasteiger charge is 1.94. The van der Waals surface area contributed by atoms with Crippen molar-refractivity contribution in [1.82, 2.24) is 0 Å². The highest BCUT2D eigenvalue weighted by atomic mass is 14.6. The summed E-state index contributed by atoms with van der Waals surface area (Å²) in [4.78, 5) is 0. The third-order valence-corrected chi connectivity index (χ3v) is 1.40. The molecule has 2 N–H and O–H groups in total. The molecule has 62 valence electrons. The van der Waals surface area contributed by atoms with Gasteiger partial charge in [-0.3, -0.25) is 0 Å². The van der Waals surface area contributed by atoms with E-state index in [-0.39, 0.29) is 13.5 Å². The summed E-state index contributed by atoms with van der Waals surface area (Å²) in [6.07, 6.45) is 0.973. The summed E-state index contributed by atoms with van der Waals surface area (Å²) < 4.78 is 0. The lowest BCUT2D eigenvalue weighted by Gasteiger charge is -2.02. The molecule has 0 radical (unpaired) electrons. The van der Waals surface area contributed by atoms with E-state index in [1.165, 1.54) is 5.56 Å². The highest BCUT2D eigenvalue weighted by molar-refractivity contribution is 5.15. The topological polar surface area (TPSA) is 26.0 Å². The monoisotopic (exact) mass is 151 g/mol. The maximum Gasteiger partial charge on any atom is 0.00509 e. The van der Waals surface area contributed by atoms with Crippen LogP contribution in [0.5, 0.6) is 0 Å². The second kappa shape index (κ2) is 4.91. The molecule has 1 atom stereocenters. The molecule has 0 aliphatic rings. The van der Waals surface area contributed by atoms with Crippen LogP contribution in [-0.2, 0) is 6.42 Å². The van der Waals surface area contributed by atoms with Gasteiger partial charge in [-0.25, -0.2) is 0 Å². The second-order valence-corrected chi connectivity index (χ2v) is 2.67. The second-order valence-electron chi connectivity index (χ2n) is 2.67. The van der Waals surface area contributed by atoms with Gasteiger partial charge in [0.25, 0.3) is 0 Å². The lowest BCUT2D eigenvalue weighted by atomic mass is 10.1. The largest absolute Gasteiger partial charge is 0.328 e. The zero-order valence-corrected chi connectivity index (χ0v) is 6.25. The maximum absolute atomic E-state index is 5.62. The van der Waals surface area contributed by atoms with E-state index in [2.05, 4.69) is 12.1 Å². The van der Waals surface area contributed by atoms with E-state index in [0.29, 0.717) is 0 Å². The van der Waals surface area contributed by atoms with Crippen molar-refractivity contribution in [3.63, 3.8) is 0 Å². The minimum Gasteiger partial charge on any atom is -0.328 e. The number of rotatable bonds is 2. The third kappa shape index (κ3) is 3.79. The Morgan fingerprint density at radius 1 is 1.27 bits per heavy atom. The van der Waals surface area contributed by atoms with E-state index < -0.39 is 0 Å². The van der Waals surface area contributed by atoms with E-state index in [9.17, 15) is 0 Å². The molecule has 1 unspecified atom stereocenters. The molecule has 0 spiro atoms. The van der Waals surface area contributed by atoms with Crippen molar-refractivity contribution in [3.05, 3.63) is 35.9 Å². The molecular formula is C10H17N. The molecule has 1 nitrogen and oxygen atoms in total. The maximum atomic E-state index is 5.62. The van der Waals surface area contributed by atoms with E-state index in [1.54, 1.807) is 0 Å². The van der Waals surface area contributed by atoms with Crippen molar-refractivity contribution in [1.29, 1.82) is 0 Å². The average molecular weight is 151 g/mol. The van der Waals surface area contributed by atoms with E-state index in [4.69, 9.17) is 5.73 Å². The minimum atomic E-state index is 0. The lowest BCUT2D eigenvalue weighted by molar-refractivity contribution is 0.738. The fourth-order valence-electron chi connectivity index (χ4n) is 0.986. The molecule has 0 aliphatic heterocycles. The molecule has 0 amide bonds. The average Bonchev–Trinajstić information content (AvgIpc) is 1.88. The Kier molecular flexibility index (Phi) is 4.55. The normalized spacial score (nSPS) is 11.8. The molecule has 11 heavy (non-hydrogen) atoms. The van der Waals surface area contributed by atoms with Gasteiger partial charge in [0, 0.05) is 6.04 Å². The van der Waals surface area contributed by atoms with Gasteiger partial charge in [-0.05, 0) is 18.9 Å². The van der Waals surface area contributed by atoms with Crippen LogP contribution in [0.2, 0.25) is 0 Å². The van der Waals surface area contributed by atoms with E-state index in [0.717, 1.165) is 6.42 Å². The van der Waals surface area contributed by atoms with Gasteiger partial charge in [0.1, 0.15) is 0 Å². The fraction of sp³-hybridized carbons (Fsp3) is 0.400. The van der Waals surface area contributed by atoms with E-state index >= 15 is 0 Å². The smallest absolute Gasteiger partial charge is 0.00509 e. The van der Waals surface area contributed by atoms with Crippen LogP contribution >= 0.6 is 0 Å². The van der Waals surface area contributed by atoms with Gasteiger partial charge in [0.05, 0.1) is 0 Å². The highest BCUT2D eigenvalue weighted by Crippen LogP contribution is 2.00. The third-order valence-electron chi connectivity index (χ3n) is 1.40. The SMILES string of the molecule is C.CC(N)Cc1ccccc1. The molecule has 0 fully saturated rings. The number of nitrogens with two attached hydrogens (primary N) is 1. The molecule has 0 aromatic heterocycles. The zero-order chi connectivity index (χ0) is 7.40. The summed E-state index contributed by atoms with van der Waals surface area (Å²) in [7, 11) is 0. The Balaban J connectivity index is 0.000001000. The van der Waals surface area contributed by atoms with Crippen LogP contribution in [0.4, 0.5) is 0 Å². The quantitative estimate of drug-likeness (QED) is 0.689. The molecule has 0 saturated heterocycles. The Morgan fingerprint density at radius 2 is 1.82 bits per heavy atom. The Morgan fingerprint density at radius 3 is 2.27 bits per heavy atom. The molecule has 0 bridgehead atoms. The molecule has 1 aromatic rings. The molecule has 1 aromatic carbocycles. The van der Waals surface area contributed by atoms with Crippen molar-refractivity contribution >= 4 is 0 Å². The summed E-state index contributed by atoms with van der Waals surface area (Å²) in [5, 5.41) is 0. The summed E-state index contributed by atoms with van der Waals surface area (Å²) in [6.45, 7) is 2.02. The van der Waals surface area contributed by atoms with Crippen LogP contribution in [-0.4, -0.2) is 6.04 Å². The van der Waals surface area contributed by atoms with Gasteiger partial charge in [0.2, 0.25) is 0 Å². The van der Waals surface area contributed by atoms with Gasteiger partial charge in [-0.15, -0.1) is 0 Å². The Bertz CT molecular complexity index is 179. The van der Waals surface area contributed by atoms with Gasteiger partial charge < -0.3 is 5.73 Å². The predicted octanol–water partition coefficient (Wildman–Crippen LogP) is 2.21. The van der Waals surface area contributed by atoms with Gasteiger partial charge in [-0.2, -0.15) is 0 Å². The fourth-order valence-corrected chi connectivity index (χ4v) is 0.986. The zero-order valence-electron chi connectivity index (χ0n) is 6.25. The van der Waals surface area contributed by atoms with Crippen molar-refractivity contribution in [2.24, 2.45) is 5.73 Å². The van der Waals surface area contributed by atoms with Gasteiger partial charge in [0.15, 0.2) is 0 Å². The van der Waals surface area contributed by atoms with Crippen LogP contribution in [0, 0.1) is 0 Å². The van der Waals surface area contributed by atoms with Crippen LogP contribution < -0.4 is 5.73 Å². The molecule has 1 rings (SSSR count). The van der Waals surface area contributed by atoms with Crippen molar-refractivity contribution in [3.8, 4) is 0 Å². The number of benzene rings is 1. The van der Waals surface area contributed by atoms with Crippen molar-refractivity contribution < 1.29 is 0 Å². The van der Waals surface area contributed by atoms with Crippen LogP contribution in [0.25, 0.3) is 0 Å². The first-order chi connectivity index (χ1) is 4.79. The summed E-state index contributed by atoms with van der Waals surface area (Å²) in [5.41, 5.74) is 6.94. The predicted molar refractivity (Wildman–Crippen MR) is 50.5 cm³/mol. The molecule has 0 heterocycles. The minimum absolute atomic E-state index is 0.